The van der Waals surface area contributed by atoms with Crippen LogP contribution in [-0.4, -0.2) is 16.9 Å². The van der Waals surface area contributed by atoms with Crippen LogP contribution in [0.3, 0.4) is 0 Å². The first-order valence-corrected chi connectivity index (χ1v) is 9.42. The molecule has 0 aromatic heterocycles. The van der Waals surface area contributed by atoms with Crippen molar-refractivity contribution in [3.8, 4) is 0 Å². The van der Waals surface area contributed by atoms with E-state index in [2.05, 4.69) is 97.9 Å². The van der Waals surface area contributed by atoms with Crippen LogP contribution in [0, 0.1) is 0 Å². The molecule has 3 aromatic rings. The summed E-state index contributed by atoms with van der Waals surface area (Å²) in [5.41, 5.74) is 4.23. The summed E-state index contributed by atoms with van der Waals surface area (Å²) in [6, 6.07) is 32.9. The topological polar surface area (TPSA) is 0 Å². The summed E-state index contributed by atoms with van der Waals surface area (Å²) >= 11 is 1.80. The molecule has 2 atom stereocenters. The monoisotopic (exact) mass is 362 g/mol. The van der Waals surface area contributed by atoms with Gasteiger partial charge in [0.15, 0.2) is 0 Å². The molecule has 0 nitrogen and oxygen atoms in total. The average Bonchev–Trinajstić information content (AvgIpc) is 2.64. The number of hydrogen-bond acceptors (Lipinski definition) is 0. The van der Waals surface area contributed by atoms with Crippen molar-refractivity contribution in [2.24, 2.45) is 0 Å². The summed E-state index contributed by atoms with van der Waals surface area (Å²) in [5, 5.41) is 0. The van der Waals surface area contributed by atoms with Crippen LogP contribution in [0.15, 0.2) is 91.0 Å². The predicted molar refractivity (Wildman–Crippen MR) is 102 cm³/mol. The van der Waals surface area contributed by atoms with Crippen molar-refractivity contribution >= 4 is 16.9 Å². The molecule has 0 radical (unpaired) electrons. The van der Waals surface area contributed by atoms with Gasteiger partial charge in [-0.1, -0.05) is 0 Å². The number of rotatable bonds is 5. The second-order valence-corrected chi connectivity index (χ2v) is 7.88. The zero-order valence-electron chi connectivity index (χ0n) is 13.5. The Bertz CT molecular complexity index is 680. The fourth-order valence-electron chi connectivity index (χ4n) is 3.50. The summed E-state index contributed by atoms with van der Waals surface area (Å²) in [6.45, 7) is 2.30. The van der Waals surface area contributed by atoms with Crippen molar-refractivity contribution in [1.82, 2.24) is 0 Å². The third kappa shape index (κ3) is 3.14. The summed E-state index contributed by atoms with van der Waals surface area (Å²) in [6.07, 6.45) is 1.12. The van der Waals surface area contributed by atoms with Gasteiger partial charge < -0.3 is 0 Å². The average molecular weight is 362 g/mol. The van der Waals surface area contributed by atoms with E-state index < -0.39 is 0 Å². The fourth-order valence-corrected chi connectivity index (χ4v) is 5.21. The Morgan fingerprint density at radius 1 is 0.696 bits per heavy atom. The van der Waals surface area contributed by atoms with Gasteiger partial charge in [0.25, 0.3) is 0 Å². The van der Waals surface area contributed by atoms with Gasteiger partial charge >= 0.3 is 148 Å². The molecule has 116 valence electrons. The van der Waals surface area contributed by atoms with Crippen molar-refractivity contribution in [1.29, 1.82) is 0 Å². The van der Waals surface area contributed by atoms with E-state index in [9.17, 15) is 0 Å². The summed E-state index contributed by atoms with van der Waals surface area (Å²) < 4.78 is 0.0195. The van der Waals surface area contributed by atoms with E-state index in [0.717, 1.165) is 6.42 Å². The van der Waals surface area contributed by atoms with Crippen molar-refractivity contribution in [3.05, 3.63) is 108 Å². The van der Waals surface area contributed by atoms with Crippen molar-refractivity contribution in [2.75, 3.05) is 0 Å². The van der Waals surface area contributed by atoms with Gasteiger partial charge in [-0.05, 0) is 0 Å². The molecule has 0 spiro atoms. The minimum atomic E-state index is 0.0195. The van der Waals surface area contributed by atoms with Gasteiger partial charge in [0.2, 0.25) is 0 Å². The molecule has 3 aromatic carbocycles. The number of benzene rings is 3. The zero-order chi connectivity index (χ0) is 16.1. The van der Waals surface area contributed by atoms with Crippen LogP contribution in [0.25, 0.3) is 0 Å². The molecule has 0 bridgehead atoms. The Morgan fingerprint density at radius 2 is 1.09 bits per heavy atom. The van der Waals surface area contributed by atoms with Gasteiger partial charge in [0.1, 0.15) is 0 Å². The molecule has 0 fully saturated rings. The maximum absolute atomic E-state index is 2.30. The Morgan fingerprint density at radius 3 is 1.48 bits per heavy atom. The molecule has 0 aliphatic heterocycles. The van der Waals surface area contributed by atoms with Crippen molar-refractivity contribution in [3.63, 3.8) is 0 Å². The quantitative estimate of drug-likeness (QED) is 0.574. The summed E-state index contributed by atoms with van der Waals surface area (Å²) in [4.78, 5) is 0. The van der Waals surface area contributed by atoms with E-state index in [0.29, 0.717) is 5.92 Å². The zero-order valence-corrected chi connectivity index (χ0v) is 15.9. The molecule has 2 unspecified atom stereocenters. The van der Waals surface area contributed by atoms with Crippen LogP contribution >= 0.6 is 0 Å². The van der Waals surface area contributed by atoms with E-state index in [1.807, 2.05) is 0 Å². The van der Waals surface area contributed by atoms with Gasteiger partial charge in [-0.25, -0.2) is 0 Å². The first-order chi connectivity index (χ1) is 11.3. The molecule has 0 heterocycles. The molecular formula is C22H23As. The van der Waals surface area contributed by atoms with Gasteiger partial charge in [-0.15, -0.1) is 0 Å². The maximum atomic E-state index is 2.30. The normalized spacial score (nSPS) is 12.8. The predicted octanol–water partition coefficient (Wildman–Crippen LogP) is 4.76. The standard InChI is InChI=1S/C22H23As/c1-2-21(18-12-6-3-7-13-18)22(23,19-14-8-4-9-15-19)20-16-10-5-11-17-20/h3-17,21H,2,23H2,1H3. The second kappa shape index (κ2) is 7.19. The molecule has 0 N–H and O–H groups in total. The van der Waals surface area contributed by atoms with Gasteiger partial charge in [-0.2, -0.15) is 0 Å². The minimum absolute atomic E-state index is 0.0195. The molecule has 0 amide bonds. The van der Waals surface area contributed by atoms with E-state index in [1.54, 1.807) is 16.9 Å². The molecule has 0 aliphatic rings. The summed E-state index contributed by atoms with van der Waals surface area (Å²) in [7, 11) is 0. The fraction of sp³-hybridized carbons (Fsp3) is 0.182. The molecule has 0 aliphatic carbocycles. The third-order valence-corrected chi connectivity index (χ3v) is 6.91. The Kier molecular flexibility index (Phi) is 5.03. The Hall–Kier alpha value is -1.78. The molecule has 3 rings (SSSR count). The first-order valence-electron chi connectivity index (χ1n) is 8.21. The van der Waals surface area contributed by atoms with Gasteiger partial charge in [0, 0.05) is 0 Å². The first kappa shape index (κ1) is 16.1. The van der Waals surface area contributed by atoms with Crippen LogP contribution in [0.2, 0.25) is 0 Å². The van der Waals surface area contributed by atoms with Gasteiger partial charge in [0.05, 0.1) is 0 Å². The molecule has 0 saturated carbocycles. The molecular weight excluding hydrogens is 339 g/mol. The van der Waals surface area contributed by atoms with Crippen molar-refractivity contribution < 1.29 is 0 Å². The van der Waals surface area contributed by atoms with Crippen molar-refractivity contribution in [2.45, 2.75) is 23.5 Å². The second-order valence-electron chi connectivity index (χ2n) is 5.97. The Labute approximate surface area is 148 Å². The molecule has 1 heteroatoms. The van der Waals surface area contributed by atoms with Crippen LogP contribution < -0.4 is 0 Å². The van der Waals surface area contributed by atoms with Crippen LogP contribution in [0.5, 0.6) is 0 Å². The third-order valence-electron chi connectivity index (χ3n) is 4.66. The van der Waals surface area contributed by atoms with E-state index in [1.165, 1.54) is 16.7 Å². The number of hydrogen-bond donors (Lipinski definition) is 0. The van der Waals surface area contributed by atoms with Crippen LogP contribution in [-0.2, 0) is 4.20 Å². The SMILES string of the molecule is CCC(c1ccccc1)C([AsH2])(c1ccccc1)c1ccccc1. The van der Waals surface area contributed by atoms with Crippen LogP contribution in [0.4, 0.5) is 0 Å². The van der Waals surface area contributed by atoms with Crippen LogP contribution in [0.1, 0.15) is 36.0 Å². The summed E-state index contributed by atoms with van der Waals surface area (Å²) in [5.74, 6) is 0.466. The molecule has 23 heavy (non-hydrogen) atoms. The van der Waals surface area contributed by atoms with E-state index >= 15 is 0 Å². The van der Waals surface area contributed by atoms with E-state index in [4.69, 9.17) is 0 Å². The van der Waals surface area contributed by atoms with Gasteiger partial charge in [-0.3, -0.25) is 0 Å². The molecule has 0 saturated heterocycles. The van der Waals surface area contributed by atoms with E-state index in [-0.39, 0.29) is 4.20 Å². The Balaban J connectivity index is 2.19.